The van der Waals surface area contributed by atoms with Crippen LogP contribution in [0.15, 0.2) is 16.6 Å². The highest BCUT2D eigenvalue weighted by atomic mass is 79.9. The molecule has 0 unspecified atom stereocenters. The van der Waals surface area contributed by atoms with E-state index in [0.29, 0.717) is 11.4 Å². The van der Waals surface area contributed by atoms with Gasteiger partial charge in [-0.1, -0.05) is 0 Å². The Morgan fingerprint density at radius 2 is 1.79 bits per heavy atom. The van der Waals surface area contributed by atoms with E-state index in [9.17, 15) is 17.6 Å². The Kier molecular flexibility index (Phi) is 3.94. The standard InChI is InChI=1S/C12H13BrF4N2/c13-8-5-10(18)11(6-9(8)14)19-3-1-7(2-4-19)12(15,16)17/h5-7H,1-4,18H2. The van der Waals surface area contributed by atoms with E-state index < -0.39 is 17.9 Å². The second-order valence-corrected chi connectivity index (χ2v) is 5.48. The van der Waals surface area contributed by atoms with E-state index in [2.05, 4.69) is 15.9 Å². The quantitative estimate of drug-likeness (QED) is 0.619. The zero-order chi connectivity index (χ0) is 14.2. The number of hydrogen-bond acceptors (Lipinski definition) is 2. The zero-order valence-corrected chi connectivity index (χ0v) is 11.6. The molecule has 2 nitrogen and oxygen atoms in total. The average Bonchev–Trinajstić information content (AvgIpc) is 2.33. The predicted molar refractivity (Wildman–Crippen MR) is 69.5 cm³/mol. The third kappa shape index (κ3) is 3.13. The molecule has 0 saturated carbocycles. The monoisotopic (exact) mass is 340 g/mol. The fourth-order valence-electron chi connectivity index (χ4n) is 2.27. The minimum Gasteiger partial charge on any atom is -0.397 e. The third-order valence-corrected chi connectivity index (χ3v) is 3.98. The van der Waals surface area contributed by atoms with Crippen LogP contribution in [-0.4, -0.2) is 19.3 Å². The van der Waals surface area contributed by atoms with E-state index in [1.807, 2.05) is 0 Å². The van der Waals surface area contributed by atoms with Crippen LogP contribution in [0.3, 0.4) is 0 Å². The van der Waals surface area contributed by atoms with Crippen LogP contribution in [0.25, 0.3) is 0 Å². The van der Waals surface area contributed by atoms with Crippen LogP contribution in [-0.2, 0) is 0 Å². The number of hydrogen-bond donors (Lipinski definition) is 1. The van der Waals surface area contributed by atoms with E-state index in [1.54, 1.807) is 4.90 Å². The topological polar surface area (TPSA) is 29.3 Å². The van der Waals surface area contributed by atoms with Gasteiger partial charge < -0.3 is 10.6 Å². The lowest BCUT2D eigenvalue weighted by Gasteiger charge is -2.35. The summed E-state index contributed by atoms with van der Waals surface area (Å²) in [5.41, 5.74) is 6.60. The van der Waals surface area contributed by atoms with Gasteiger partial charge in [0.2, 0.25) is 0 Å². The maximum atomic E-state index is 13.5. The summed E-state index contributed by atoms with van der Waals surface area (Å²) in [6.45, 7) is 0.463. The van der Waals surface area contributed by atoms with Gasteiger partial charge in [-0.3, -0.25) is 0 Å². The molecule has 1 aromatic rings. The number of nitrogens with two attached hydrogens (primary N) is 1. The first-order valence-corrected chi connectivity index (χ1v) is 6.64. The Morgan fingerprint density at radius 3 is 2.32 bits per heavy atom. The third-order valence-electron chi connectivity index (χ3n) is 3.37. The van der Waals surface area contributed by atoms with Crippen molar-refractivity contribution in [2.45, 2.75) is 19.0 Å². The molecule has 1 aliphatic rings. The van der Waals surface area contributed by atoms with Crippen LogP contribution in [0.4, 0.5) is 28.9 Å². The highest BCUT2D eigenvalue weighted by Gasteiger charge is 2.41. The molecule has 2 rings (SSSR count). The second-order valence-electron chi connectivity index (χ2n) is 4.63. The van der Waals surface area contributed by atoms with Crippen LogP contribution in [0.1, 0.15) is 12.8 Å². The van der Waals surface area contributed by atoms with Gasteiger partial charge in [-0.05, 0) is 34.8 Å². The SMILES string of the molecule is Nc1cc(Br)c(F)cc1N1CCC(C(F)(F)F)CC1. The molecule has 0 aromatic heterocycles. The molecule has 1 fully saturated rings. The van der Waals surface area contributed by atoms with Crippen LogP contribution < -0.4 is 10.6 Å². The number of benzene rings is 1. The van der Waals surface area contributed by atoms with E-state index in [0.717, 1.165) is 0 Å². The van der Waals surface area contributed by atoms with Crippen LogP contribution >= 0.6 is 15.9 Å². The molecule has 1 aliphatic heterocycles. The van der Waals surface area contributed by atoms with Gasteiger partial charge in [-0.15, -0.1) is 0 Å². The zero-order valence-electron chi connectivity index (χ0n) is 9.97. The van der Waals surface area contributed by atoms with Gasteiger partial charge >= 0.3 is 6.18 Å². The fourth-order valence-corrected chi connectivity index (χ4v) is 2.63. The molecule has 1 heterocycles. The summed E-state index contributed by atoms with van der Waals surface area (Å²) in [4.78, 5) is 1.70. The lowest BCUT2D eigenvalue weighted by Crippen LogP contribution is -2.39. The minimum absolute atomic E-state index is 0.0145. The first-order valence-electron chi connectivity index (χ1n) is 5.85. The van der Waals surface area contributed by atoms with Gasteiger partial charge in [0.05, 0.1) is 21.8 Å². The van der Waals surface area contributed by atoms with Gasteiger partial charge in [-0.25, -0.2) is 4.39 Å². The fraction of sp³-hybridized carbons (Fsp3) is 0.500. The molecular weight excluding hydrogens is 328 g/mol. The smallest absolute Gasteiger partial charge is 0.391 e. The van der Waals surface area contributed by atoms with Gasteiger partial charge in [0.1, 0.15) is 5.82 Å². The molecular formula is C12H13BrF4N2. The molecule has 0 bridgehead atoms. The molecule has 0 aliphatic carbocycles. The van der Waals surface area contributed by atoms with Crippen molar-refractivity contribution in [3.05, 3.63) is 22.4 Å². The lowest BCUT2D eigenvalue weighted by molar-refractivity contribution is -0.179. The van der Waals surface area contributed by atoms with E-state index in [-0.39, 0.29) is 30.4 Å². The van der Waals surface area contributed by atoms with Crippen molar-refractivity contribution in [2.75, 3.05) is 23.7 Å². The normalized spacial score (nSPS) is 17.8. The van der Waals surface area contributed by atoms with Crippen molar-refractivity contribution in [3.8, 4) is 0 Å². The Bertz CT molecular complexity index is 468. The van der Waals surface area contributed by atoms with Crippen molar-refractivity contribution >= 4 is 27.3 Å². The Hall–Kier alpha value is -0.980. The Morgan fingerprint density at radius 1 is 1.21 bits per heavy atom. The van der Waals surface area contributed by atoms with Gasteiger partial charge in [0.15, 0.2) is 0 Å². The van der Waals surface area contributed by atoms with Crippen LogP contribution in [0.2, 0.25) is 0 Å². The van der Waals surface area contributed by atoms with Crippen molar-refractivity contribution in [3.63, 3.8) is 0 Å². The number of piperidine rings is 1. The van der Waals surface area contributed by atoms with Gasteiger partial charge in [0, 0.05) is 19.2 Å². The summed E-state index contributed by atoms with van der Waals surface area (Å²) in [7, 11) is 0. The highest BCUT2D eigenvalue weighted by Crippen LogP contribution is 2.37. The number of halogens is 5. The molecule has 7 heteroatoms. The molecule has 106 valence electrons. The predicted octanol–water partition coefficient (Wildman–Crippen LogP) is 3.95. The van der Waals surface area contributed by atoms with Gasteiger partial charge in [-0.2, -0.15) is 13.2 Å². The van der Waals surface area contributed by atoms with Crippen molar-refractivity contribution < 1.29 is 17.6 Å². The summed E-state index contributed by atoms with van der Waals surface area (Å²) >= 11 is 3.02. The second kappa shape index (κ2) is 5.19. The largest absolute Gasteiger partial charge is 0.397 e. The molecule has 1 saturated heterocycles. The molecule has 2 N–H and O–H groups in total. The number of anilines is 2. The van der Waals surface area contributed by atoms with E-state index in [4.69, 9.17) is 5.73 Å². The van der Waals surface area contributed by atoms with Crippen LogP contribution in [0.5, 0.6) is 0 Å². The molecule has 0 amide bonds. The first kappa shape index (κ1) is 14.4. The maximum absolute atomic E-state index is 13.5. The molecule has 0 spiro atoms. The molecule has 1 aromatic carbocycles. The number of nitrogens with zero attached hydrogens (tertiary/aromatic N) is 1. The van der Waals surface area contributed by atoms with Crippen molar-refractivity contribution in [2.24, 2.45) is 5.92 Å². The summed E-state index contributed by atoms with van der Waals surface area (Å²) < 4.78 is 51.4. The minimum atomic E-state index is -4.15. The number of rotatable bonds is 1. The lowest BCUT2D eigenvalue weighted by atomic mass is 9.96. The maximum Gasteiger partial charge on any atom is 0.391 e. The number of alkyl halides is 3. The van der Waals surface area contributed by atoms with Crippen LogP contribution in [0, 0.1) is 11.7 Å². The van der Waals surface area contributed by atoms with Crippen molar-refractivity contribution in [1.82, 2.24) is 0 Å². The Balaban J connectivity index is 2.12. The summed E-state index contributed by atoms with van der Waals surface area (Å²) in [6, 6.07) is 2.69. The number of nitrogen functional groups attached to an aromatic ring is 1. The average molecular weight is 341 g/mol. The summed E-state index contributed by atoms with van der Waals surface area (Å²) in [5, 5.41) is 0. The van der Waals surface area contributed by atoms with E-state index >= 15 is 0 Å². The van der Waals surface area contributed by atoms with Crippen molar-refractivity contribution in [1.29, 1.82) is 0 Å². The summed E-state index contributed by atoms with van der Waals surface area (Å²) in [5.74, 6) is -1.74. The molecule has 19 heavy (non-hydrogen) atoms. The van der Waals surface area contributed by atoms with E-state index in [1.165, 1.54) is 12.1 Å². The first-order chi connectivity index (χ1) is 8.79. The summed E-state index contributed by atoms with van der Waals surface area (Å²) in [6.07, 6.45) is -4.12. The molecule has 0 atom stereocenters. The molecule has 0 radical (unpaired) electrons. The Labute approximate surface area is 116 Å². The highest BCUT2D eigenvalue weighted by molar-refractivity contribution is 9.10. The van der Waals surface area contributed by atoms with Gasteiger partial charge in [0.25, 0.3) is 0 Å².